The third-order valence-electron chi connectivity index (χ3n) is 2.86. The highest BCUT2D eigenvalue weighted by atomic mass is 32.1. The van der Waals surface area contributed by atoms with Gasteiger partial charge in [-0.25, -0.2) is 4.39 Å². The van der Waals surface area contributed by atoms with Crippen molar-refractivity contribution in [3.8, 4) is 0 Å². The van der Waals surface area contributed by atoms with Crippen LogP contribution in [0.3, 0.4) is 0 Å². The van der Waals surface area contributed by atoms with E-state index in [1.54, 1.807) is 43.3 Å². The van der Waals surface area contributed by atoms with Crippen molar-refractivity contribution in [1.82, 2.24) is 0 Å². The van der Waals surface area contributed by atoms with Crippen molar-refractivity contribution in [2.45, 2.75) is 6.92 Å². The summed E-state index contributed by atoms with van der Waals surface area (Å²) < 4.78 is 13.4. The smallest absolute Gasteiger partial charge is 0.255 e. The van der Waals surface area contributed by atoms with E-state index in [4.69, 9.17) is 18.0 Å². The first-order valence-electron chi connectivity index (χ1n) is 5.95. The molecule has 2 rings (SSSR count). The first kappa shape index (κ1) is 14.1. The molecule has 0 unspecified atom stereocenters. The molecule has 0 aliphatic carbocycles. The third-order valence-corrected chi connectivity index (χ3v) is 3.10. The van der Waals surface area contributed by atoms with Crippen LogP contribution in [0.1, 0.15) is 21.5 Å². The van der Waals surface area contributed by atoms with Gasteiger partial charge in [0.2, 0.25) is 0 Å². The van der Waals surface area contributed by atoms with Crippen LogP contribution in [0.25, 0.3) is 0 Å². The number of thiocarbonyl (C=S) groups is 1. The van der Waals surface area contributed by atoms with Crippen molar-refractivity contribution < 1.29 is 9.18 Å². The van der Waals surface area contributed by atoms with E-state index in [0.717, 1.165) is 5.56 Å². The highest BCUT2D eigenvalue weighted by Crippen LogP contribution is 2.13. The van der Waals surface area contributed by atoms with Crippen LogP contribution in [-0.2, 0) is 0 Å². The number of nitrogens with two attached hydrogens (primary N) is 1. The molecular formula is C15H13FN2OS. The molecule has 102 valence electrons. The van der Waals surface area contributed by atoms with Crippen molar-refractivity contribution in [3.63, 3.8) is 0 Å². The summed E-state index contributed by atoms with van der Waals surface area (Å²) in [5, 5.41) is 2.68. The van der Waals surface area contributed by atoms with Crippen LogP contribution in [0.5, 0.6) is 0 Å². The minimum Gasteiger partial charge on any atom is -0.389 e. The number of nitrogens with one attached hydrogen (secondary N) is 1. The second-order valence-electron chi connectivity index (χ2n) is 4.36. The lowest BCUT2D eigenvalue weighted by Crippen LogP contribution is -2.13. The number of rotatable bonds is 3. The Labute approximate surface area is 121 Å². The number of carbonyl (C=O) groups is 1. The molecule has 2 aromatic rings. The molecule has 0 fully saturated rings. The Morgan fingerprint density at radius 2 is 1.75 bits per heavy atom. The zero-order valence-corrected chi connectivity index (χ0v) is 11.6. The maximum atomic E-state index is 13.4. The summed E-state index contributed by atoms with van der Waals surface area (Å²) in [7, 11) is 0. The third kappa shape index (κ3) is 3.19. The van der Waals surface area contributed by atoms with Crippen LogP contribution in [0.15, 0.2) is 42.5 Å². The molecule has 0 aromatic heterocycles. The maximum absolute atomic E-state index is 13.4. The second kappa shape index (κ2) is 5.79. The van der Waals surface area contributed by atoms with Crippen molar-refractivity contribution >= 4 is 28.8 Å². The zero-order chi connectivity index (χ0) is 14.7. The highest BCUT2D eigenvalue weighted by Gasteiger charge is 2.08. The van der Waals surface area contributed by atoms with Gasteiger partial charge in [0, 0.05) is 16.8 Å². The van der Waals surface area contributed by atoms with Gasteiger partial charge in [-0.1, -0.05) is 18.3 Å². The first-order valence-corrected chi connectivity index (χ1v) is 6.35. The lowest BCUT2D eigenvalue weighted by molar-refractivity contribution is 0.102. The molecule has 0 spiro atoms. The van der Waals surface area contributed by atoms with Crippen molar-refractivity contribution in [1.29, 1.82) is 0 Å². The summed E-state index contributed by atoms with van der Waals surface area (Å²) in [6.45, 7) is 1.64. The van der Waals surface area contributed by atoms with Crippen molar-refractivity contribution in [2.24, 2.45) is 5.73 Å². The van der Waals surface area contributed by atoms with Gasteiger partial charge < -0.3 is 11.1 Å². The van der Waals surface area contributed by atoms with Gasteiger partial charge in [0.25, 0.3) is 5.91 Å². The van der Waals surface area contributed by atoms with Gasteiger partial charge in [0.1, 0.15) is 10.8 Å². The predicted octanol–water partition coefficient (Wildman–Crippen LogP) is 3.02. The van der Waals surface area contributed by atoms with Crippen LogP contribution in [0, 0.1) is 12.7 Å². The summed E-state index contributed by atoms with van der Waals surface area (Å²) in [5.74, 6) is -0.770. The van der Waals surface area contributed by atoms with E-state index in [1.165, 1.54) is 6.07 Å². The van der Waals surface area contributed by atoms with E-state index < -0.39 is 5.82 Å². The summed E-state index contributed by atoms with van der Waals surface area (Å²) in [5.41, 5.74) is 7.58. The van der Waals surface area contributed by atoms with Gasteiger partial charge in [-0.05, 0) is 48.9 Å². The van der Waals surface area contributed by atoms with Crippen LogP contribution < -0.4 is 11.1 Å². The molecule has 20 heavy (non-hydrogen) atoms. The number of hydrogen-bond acceptors (Lipinski definition) is 2. The molecule has 2 aromatic carbocycles. The molecule has 1 amide bonds. The molecule has 0 radical (unpaired) electrons. The molecule has 0 saturated carbocycles. The molecule has 0 saturated heterocycles. The first-order chi connectivity index (χ1) is 9.47. The molecule has 0 atom stereocenters. The largest absolute Gasteiger partial charge is 0.389 e. The second-order valence-corrected chi connectivity index (χ2v) is 4.80. The molecule has 0 aliphatic heterocycles. The SMILES string of the molecule is Cc1ccc(C(=O)Nc2ccc(C(N)=S)cc2)cc1F. The molecule has 0 heterocycles. The topological polar surface area (TPSA) is 55.1 Å². The number of amides is 1. The van der Waals surface area contributed by atoms with Crippen LogP contribution in [0.4, 0.5) is 10.1 Å². The van der Waals surface area contributed by atoms with Crippen LogP contribution in [0.2, 0.25) is 0 Å². The normalized spacial score (nSPS) is 10.1. The van der Waals surface area contributed by atoms with E-state index in [9.17, 15) is 9.18 Å². The van der Waals surface area contributed by atoms with E-state index in [-0.39, 0.29) is 11.5 Å². The van der Waals surface area contributed by atoms with Crippen LogP contribution >= 0.6 is 12.2 Å². The summed E-state index contributed by atoms with van der Waals surface area (Å²) >= 11 is 4.84. The van der Waals surface area contributed by atoms with Gasteiger partial charge >= 0.3 is 0 Å². The van der Waals surface area contributed by atoms with Gasteiger partial charge in [0.15, 0.2) is 0 Å². The molecule has 0 aliphatic rings. The number of hydrogen-bond donors (Lipinski definition) is 2. The monoisotopic (exact) mass is 288 g/mol. The Morgan fingerprint density at radius 1 is 1.15 bits per heavy atom. The average Bonchev–Trinajstić information content (AvgIpc) is 2.42. The fourth-order valence-corrected chi connectivity index (χ4v) is 1.79. The zero-order valence-electron chi connectivity index (χ0n) is 10.8. The van der Waals surface area contributed by atoms with E-state index in [0.29, 0.717) is 16.2 Å². The van der Waals surface area contributed by atoms with Gasteiger partial charge in [-0.2, -0.15) is 0 Å². The number of anilines is 1. The summed E-state index contributed by atoms with van der Waals surface area (Å²) in [4.78, 5) is 12.3. The Kier molecular flexibility index (Phi) is 4.10. The summed E-state index contributed by atoms with van der Waals surface area (Å²) in [6.07, 6.45) is 0. The fourth-order valence-electron chi connectivity index (χ4n) is 1.66. The Balaban J connectivity index is 2.14. The lowest BCUT2D eigenvalue weighted by atomic mass is 10.1. The van der Waals surface area contributed by atoms with E-state index in [2.05, 4.69) is 5.32 Å². The van der Waals surface area contributed by atoms with Gasteiger partial charge in [0.05, 0.1) is 0 Å². The Bertz CT molecular complexity index is 668. The van der Waals surface area contributed by atoms with Crippen molar-refractivity contribution in [3.05, 3.63) is 65.0 Å². The predicted molar refractivity (Wildman–Crippen MR) is 81.4 cm³/mol. The fraction of sp³-hybridized carbons (Fsp3) is 0.0667. The van der Waals surface area contributed by atoms with E-state index in [1.807, 2.05) is 0 Å². The number of aryl methyl sites for hydroxylation is 1. The molecule has 3 nitrogen and oxygen atoms in total. The number of halogens is 1. The minimum atomic E-state index is -0.401. The van der Waals surface area contributed by atoms with Crippen LogP contribution in [-0.4, -0.2) is 10.9 Å². The highest BCUT2D eigenvalue weighted by molar-refractivity contribution is 7.80. The number of carbonyl (C=O) groups excluding carboxylic acids is 1. The Hall–Kier alpha value is -2.27. The Morgan fingerprint density at radius 3 is 2.30 bits per heavy atom. The van der Waals surface area contributed by atoms with Gasteiger partial charge in [-0.3, -0.25) is 4.79 Å². The number of benzene rings is 2. The summed E-state index contributed by atoms with van der Waals surface area (Å²) in [6, 6.07) is 11.2. The maximum Gasteiger partial charge on any atom is 0.255 e. The van der Waals surface area contributed by atoms with Crippen molar-refractivity contribution in [2.75, 3.05) is 5.32 Å². The van der Waals surface area contributed by atoms with E-state index >= 15 is 0 Å². The standard InChI is InChI=1S/C15H13FN2OS/c1-9-2-3-11(8-13(9)16)15(19)18-12-6-4-10(5-7-12)14(17)20/h2-8H,1H3,(H2,17,20)(H,18,19). The quantitative estimate of drug-likeness (QED) is 0.854. The minimum absolute atomic E-state index is 0.270. The molecule has 0 bridgehead atoms. The molecule has 3 N–H and O–H groups in total. The van der Waals surface area contributed by atoms with Gasteiger partial charge in [-0.15, -0.1) is 0 Å². The average molecular weight is 288 g/mol. The lowest BCUT2D eigenvalue weighted by Gasteiger charge is -2.07. The molecular weight excluding hydrogens is 275 g/mol. The molecule has 5 heteroatoms.